The van der Waals surface area contributed by atoms with Crippen LogP contribution in [0.4, 0.5) is 0 Å². The standard InChI is InChI=1S/C23H20N2O2S/c26-20(15-18-9-4-8-17-11-12-24-22(17)18)19(14-16-6-2-1-3-7-16)25-23(27)21-10-5-13-28-21/h1-13,19,24H,14-15H2,(H,25,27). The van der Waals surface area contributed by atoms with Crippen LogP contribution in [0.15, 0.2) is 78.3 Å². The molecule has 0 radical (unpaired) electrons. The van der Waals surface area contributed by atoms with Gasteiger partial charge in [0.2, 0.25) is 0 Å². The fraction of sp³-hybridized carbons (Fsp3) is 0.130. The van der Waals surface area contributed by atoms with E-state index in [1.54, 1.807) is 6.07 Å². The van der Waals surface area contributed by atoms with E-state index in [1.165, 1.54) is 11.3 Å². The van der Waals surface area contributed by atoms with Crippen LogP contribution >= 0.6 is 11.3 Å². The van der Waals surface area contributed by atoms with Gasteiger partial charge in [0.05, 0.1) is 10.9 Å². The van der Waals surface area contributed by atoms with Crippen molar-refractivity contribution in [3.63, 3.8) is 0 Å². The van der Waals surface area contributed by atoms with E-state index < -0.39 is 6.04 Å². The Morgan fingerprint density at radius 2 is 1.82 bits per heavy atom. The number of Topliss-reactive ketones (excluding diaryl/α,β-unsaturated/α-hetero) is 1. The van der Waals surface area contributed by atoms with Crippen LogP contribution in [0.5, 0.6) is 0 Å². The number of aromatic amines is 1. The number of nitrogens with one attached hydrogen (secondary N) is 2. The van der Waals surface area contributed by atoms with Crippen LogP contribution in [-0.2, 0) is 17.6 Å². The molecule has 0 fully saturated rings. The van der Waals surface area contributed by atoms with Crippen molar-refractivity contribution in [2.24, 2.45) is 0 Å². The quantitative estimate of drug-likeness (QED) is 0.493. The van der Waals surface area contributed by atoms with Gasteiger partial charge in [0.15, 0.2) is 5.78 Å². The molecule has 4 nitrogen and oxygen atoms in total. The molecule has 2 heterocycles. The molecule has 1 unspecified atom stereocenters. The van der Waals surface area contributed by atoms with Gasteiger partial charge < -0.3 is 10.3 Å². The highest BCUT2D eigenvalue weighted by Gasteiger charge is 2.23. The number of thiophene rings is 1. The van der Waals surface area contributed by atoms with Gasteiger partial charge in [-0.2, -0.15) is 0 Å². The molecule has 0 saturated carbocycles. The Kier molecular flexibility index (Phi) is 5.35. The summed E-state index contributed by atoms with van der Waals surface area (Å²) in [7, 11) is 0. The highest BCUT2D eigenvalue weighted by atomic mass is 32.1. The minimum atomic E-state index is -0.581. The van der Waals surface area contributed by atoms with Gasteiger partial charge in [0.25, 0.3) is 5.91 Å². The Balaban J connectivity index is 1.57. The monoisotopic (exact) mass is 388 g/mol. The van der Waals surface area contributed by atoms with E-state index in [0.717, 1.165) is 22.0 Å². The van der Waals surface area contributed by atoms with Crippen LogP contribution in [0.3, 0.4) is 0 Å². The van der Waals surface area contributed by atoms with Crippen LogP contribution in [0.2, 0.25) is 0 Å². The molecule has 2 aromatic carbocycles. The lowest BCUT2D eigenvalue weighted by Gasteiger charge is -2.18. The van der Waals surface area contributed by atoms with Gasteiger partial charge in [-0.1, -0.05) is 54.6 Å². The summed E-state index contributed by atoms with van der Waals surface area (Å²) in [6.07, 6.45) is 2.61. The lowest BCUT2D eigenvalue weighted by molar-refractivity contribution is -0.120. The number of H-pyrrole nitrogens is 1. The van der Waals surface area contributed by atoms with Gasteiger partial charge in [-0.15, -0.1) is 11.3 Å². The van der Waals surface area contributed by atoms with E-state index in [2.05, 4.69) is 10.3 Å². The van der Waals surface area contributed by atoms with E-state index in [1.807, 2.05) is 72.2 Å². The predicted octanol–water partition coefficient (Wildman–Crippen LogP) is 4.38. The first-order valence-corrected chi connectivity index (χ1v) is 10.0. The van der Waals surface area contributed by atoms with Gasteiger partial charge >= 0.3 is 0 Å². The van der Waals surface area contributed by atoms with Crippen LogP contribution in [0.1, 0.15) is 20.8 Å². The molecule has 4 aromatic rings. The fourth-order valence-electron chi connectivity index (χ4n) is 3.34. The molecule has 2 aromatic heterocycles. The Morgan fingerprint density at radius 3 is 2.61 bits per heavy atom. The fourth-order valence-corrected chi connectivity index (χ4v) is 3.97. The third kappa shape index (κ3) is 4.05. The molecule has 0 aliphatic heterocycles. The zero-order chi connectivity index (χ0) is 19.3. The first-order chi connectivity index (χ1) is 13.7. The van der Waals surface area contributed by atoms with E-state index in [4.69, 9.17) is 0 Å². The van der Waals surface area contributed by atoms with Gasteiger partial charge in [0, 0.05) is 18.1 Å². The average Bonchev–Trinajstić information content (AvgIpc) is 3.40. The Bertz CT molecular complexity index is 1080. The summed E-state index contributed by atoms with van der Waals surface area (Å²) < 4.78 is 0. The zero-order valence-electron chi connectivity index (χ0n) is 15.2. The molecular weight excluding hydrogens is 368 g/mol. The summed E-state index contributed by atoms with van der Waals surface area (Å²) >= 11 is 1.37. The first-order valence-electron chi connectivity index (χ1n) is 9.17. The lowest BCUT2D eigenvalue weighted by atomic mass is 9.96. The number of carbonyl (C=O) groups excluding carboxylic acids is 2. The number of benzene rings is 2. The SMILES string of the molecule is O=C(NC(Cc1ccccc1)C(=O)Cc1cccc2cc[nH]c12)c1cccs1. The molecule has 0 spiro atoms. The van der Waals surface area contributed by atoms with Crippen LogP contribution in [0.25, 0.3) is 10.9 Å². The molecule has 0 saturated heterocycles. The van der Waals surface area contributed by atoms with Crippen LogP contribution < -0.4 is 5.32 Å². The molecule has 140 valence electrons. The number of aromatic nitrogens is 1. The summed E-state index contributed by atoms with van der Waals surface area (Å²) in [6, 6.07) is 20.7. The molecule has 1 amide bonds. The molecule has 5 heteroatoms. The number of hydrogen-bond donors (Lipinski definition) is 2. The topological polar surface area (TPSA) is 62.0 Å². The van der Waals surface area contributed by atoms with Gasteiger partial charge in [-0.25, -0.2) is 0 Å². The largest absolute Gasteiger partial charge is 0.361 e. The van der Waals surface area contributed by atoms with Gasteiger partial charge in [-0.05, 0) is 40.4 Å². The molecule has 0 aliphatic rings. The minimum absolute atomic E-state index is 0.00383. The third-order valence-corrected chi connectivity index (χ3v) is 5.63. The van der Waals surface area contributed by atoms with Crippen molar-refractivity contribution >= 4 is 33.9 Å². The second kappa shape index (κ2) is 8.23. The van der Waals surface area contributed by atoms with E-state index in [0.29, 0.717) is 11.3 Å². The van der Waals surface area contributed by atoms with Gasteiger partial charge in [-0.3, -0.25) is 9.59 Å². The van der Waals surface area contributed by atoms with E-state index >= 15 is 0 Å². The number of hydrogen-bond acceptors (Lipinski definition) is 3. The van der Waals surface area contributed by atoms with Crippen LogP contribution in [0, 0.1) is 0 Å². The summed E-state index contributed by atoms with van der Waals surface area (Å²) in [6.45, 7) is 0. The second-order valence-corrected chi connectivity index (χ2v) is 7.64. The summed E-state index contributed by atoms with van der Waals surface area (Å²) in [4.78, 5) is 29.6. The van der Waals surface area contributed by atoms with Crippen molar-refractivity contribution in [2.75, 3.05) is 0 Å². The van der Waals surface area contributed by atoms with Crippen molar-refractivity contribution < 1.29 is 9.59 Å². The van der Waals surface area contributed by atoms with Crippen molar-refractivity contribution in [3.8, 4) is 0 Å². The normalized spacial score (nSPS) is 12.0. The highest BCUT2D eigenvalue weighted by molar-refractivity contribution is 7.12. The summed E-state index contributed by atoms with van der Waals surface area (Å²) in [5.74, 6) is -0.210. The third-order valence-electron chi connectivity index (χ3n) is 4.76. The van der Waals surface area contributed by atoms with E-state index in [-0.39, 0.29) is 18.1 Å². The maximum atomic E-state index is 13.2. The molecule has 28 heavy (non-hydrogen) atoms. The lowest BCUT2D eigenvalue weighted by Crippen LogP contribution is -2.43. The average molecular weight is 388 g/mol. The molecule has 4 rings (SSSR count). The van der Waals surface area contributed by atoms with Crippen molar-refractivity contribution in [3.05, 3.63) is 94.3 Å². The first kappa shape index (κ1) is 18.2. The maximum Gasteiger partial charge on any atom is 0.261 e. The number of fused-ring (bicyclic) bond motifs is 1. The maximum absolute atomic E-state index is 13.2. The number of ketones is 1. The number of rotatable bonds is 7. The predicted molar refractivity (Wildman–Crippen MR) is 113 cm³/mol. The molecular formula is C23H20N2O2S. The Labute approximate surface area is 167 Å². The molecule has 0 aliphatic carbocycles. The second-order valence-electron chi connectivity index (χ2n) is 6.70. The van der Waals surface area contributed by atoms with Crippen LogP contribution in [-0.4, -0.2) is 22.7 Å². The van der Waals surface area contributed by atoms with E-state index in [9.17, 15) is 9.59 Å². The van der Waals surface area contributed by atoms with Gasteiger partial charge in [0.1, 0.15) is 0 Å². The van der Waals surface area contributed by atoms with Crippen molar-refractivity contribution in [1.82, 2.24) is 10.3 Å². The summed E-state index contributed by atoms with van der Waals surface area (Å²) in [5.41, 5.74) is 2.93. The number of carbonyl (C=O) groups is 2. The van der Waals surface area contributed by atoms with Crippen molar-refractivity contribution in [1.29, 1.82) is 0 Å². The Hall–Kier alpha value is -3.18. The smallest absolute Gasteiger partial charge is 0.261 e. The number of para-hydroxylation sites is 1. The Morgan fingerprint density at radius 1 is 0.964 bits per heavy atom. The van der Waals surface area contributed by atoms with Crippen molar-refractivity contribution in [2.45, 2.75) is 18.9 Å². The highest BCUT2D eigenvalue weighted by Crippen LogP contribution is 2.19. The molecule has 0 bridgehead atoms. The minimum Gasteiger partial charge on any atom is -0.361 e. The summed E-state index contributed by atoms with van der Waals surface area (Å²) in [5, 5.41) is 5.87. The molecule has 1 atom stereocenters. The zero-order valence-corrected chi connectivity index (χ0v) is 16.0. The number of amides is 1. The molecule has 2 N–H and O–H groups in total.